The van der Waals surface area contributed by atoms with Gasteiger partial charge in [0.1, 0.15) is 15.7 Å². The Bertz CT molecular complexity index is 529. The average molecular weight is 296 g/mol. The molecular weight excluding hydrogens is 281 g/mol. The van der Waals surface area contributed by atoms with E-state index in [1.807, 2.05) is 0 Å². The van der Waals surface area contributed by atoms with Gasteiger partial charge < -0.3 is 5.32 Å². The zero-order valence-corrected chi connectivity index (χ0v) is 11.3. The van der Waals surface area contributed by atoms with Gasteiger partial charge in [-0.1, -0.05) is 0 Å². The highest BCUT2D eigenvalue weighted by atomic mass is 32.2. The van der Waals surface area contributed by atoms with E-state index < -0.39 is 21.6 Å². The second-order valence-electron chi connectivity index (χ2n) is 4.39. The highest BCUT2D eigenvalue weighted by Crippen LogP contribution is 2.30. The van der Waals surface area contributed by atoms with Crippen LogP contribution in [0, 0.1) is 0 Å². The monoisotopic (exact) mass is 296 g/mol. The molecule has 4 nitrogen and oxygen atoms in total. The minimum Gasteiger partial charge on any atom is -0.368 e. The molecule has 0 aliphatic rings. The average Bonchev–Trinajstić information content (AvgIpc) is 2.25. The van der Waals surface area contributed by atoms with Gasteiger partial charge in [-0.3, -0.25) is 0 Å². The standard InChI is InChI=1S/C11H15F3N2O2S/c1-8(4-6-19(2,17)18)16-10-7-9(3-5-15-10)11(12,13)14/h3,5,7-8H,4,6H2,1-2H3,(H,15,16). The van der Waals surface area contributed by atoms with Crippen molar-refractivity contribution in [2.75, 3.05) is 17.3 Å². The van der Waals surface area contributed by atoms with Crippen LogP contribution in [0.25, 0.3) is 0 Å². The summed E-state index contributed by atoms with van der Waals surface area (Å²) < 4.78 is 59.4. The topological polar surface area (TPSA) is 59.1 Å². The van der Waals surface area contributed by atoms with Gasteiger partial charge in [0, 0.05) is 18.5 Å². The Hall–Kier alpha value is -1.31. The third-order valence-electron chi connectivity index (χ3n) is 2.40. The van der Waals surface area contributed by atoms with Crippen molar-refractivity contribution < 1.29 is 21.6 Å². The van der Waals surface area contributed by atoms with Crippen molar-refractivity contribution in [3.63, 3.8) is 0 Å². The predicted molar refractivity (Wildman–Crippen MR) is 66.7 cm³/mol. The second-order valence-corrected chi connectivity index (χ2v) is 6.65. The van der Waals surface area contributed by atoms with Gasteiger partial charge in [-0.05, 0) is 25.5 Å². The molecule has 0 radical (unpaired) electrons. The SMILES string of the molecule is CC(CCS(C)(=O)=O)Nc1cc(C(F)(F)F)ccn1. The van der Waals surface area contributed by atoms with Crippen LogP contribution >= 0.6 is 0 Å². The summed E-state index contributed by atoms with van der Waals surface area (Å²) in [5.74, 6) is 0.0518. The summed E-state index contributed by atoms with van der Waals surface area (Å²) in [5, 5.41) is 2.75. The molecule has 8 heteroatoms. The maximum absolute atomic E-state index is 12.5. The summed E-state index contributed by atoms with van der Waals surface area (Å²) in [6, 6.07) is 1.49. The van der Waals surface area contributed by atoms with Gasteiger partial charge in [0.15, 0.2) is 0 Å². The number of anilines is 1. The molecule has 1 atom stereocenters. The predicted octanol–water partition coefficient (Wildman–Crippen LogP) is 2.34. The molecule has 1 heterocycles. The Morgan fingerprint density at radius 2 is 2.05 bits per heavy atom. The highest BCUT2D eigenvalue weighted by Gasteiger charge is 2.30. The first-order chi connectivity index (χ1) is 8.58. The van der Waals surface area contributed by atoms with Crippen LogP contribution in [0.5, 0.6) is 0 Å². The van der Waals surface area contributed by atoms with E-state index in [0.29, 0.717) is 6.42 Å². The van der Waals surface area contributed by atoms with E-state index in [-0.39, 0.29) is 17.6 Å². The number of halogens is 3. The number of nitrogens with one attached hydrogen (secondary N) is 1. The molecule has 0 aliphatic heterocycles. The van der Waals surface area contributed by atoms with Crippen molar-refractivity contribution in [2.45, 2.75) is 25.6 Å². The van der Waals surface area contributed by atoms with Crippen molar-refractivity contribution >= 4 is 15.7 Å². The fourth-order valence-electron chi connectivity index (χ4n) is 1.40. The molecule has 0 spiro atoms. The van der Waals surface area contributed by atoms with E-state index >= 15 is 0 Å². The Kier molecular flexibility index (Phi) is 4.78. The maximum Gasteiger partial charge on any atom is 0.416 e. The van der Waals surface area contributed by atoms with Crippen molar-refractivity contribution in [1.29, 1.82) is 0 Å². The van der Waals surface area contributed by atoms with Crippen LogP contribution in [0.2, 0.25) is 0 Å². The molecule has 0 bridgehead atoms. The Morgan fingerprint density at radius 1 is 1.42 bits per heavy atom. The molecule has 108 valence electrons. The Morgan fingerprint density at radius 3 is 2.58 bits per heavy atom. The van der Waals surface area contributed by atoms with Gasteiger partial charge in [0.25, 0.3) is 0 Å². The summed E-state index contributed by atoms with van der Waals surface area (Å²) in [4.78, 5) is 3.78. The summed E-state index contributed by atoms with van der Waals surface area (Å²) in [6.07, 6.45) is -1.94. The van der Waals surface area contributed by atoms with Crippen LogP contribution < -0.4 is 5.32 Å². The van der Waals surface area contributed by atoms with Gasteiger partial charge in [0.2, 0.25) is 0 Å². The quantitative estimate of drug-likeness (QED) is 0.906. The number of sulfone groups is 1. The van der Waals surface area contributed by atoms with E-state index in [1.165, 1.54) is 0 Å². The van der Waals surface area contributed by atoms with Gasteiger partial charge in [-0.15, -0.1) is 0 Å². The molecule has 0 saturated carbocycles. The van der Waals surface area contributed by atoms with E-state index in [9.17, 15) is 21.6 Å². The lowest BCUT2D eigenvalue weighted by Crippen LogP contribution is -2.20. The van der Waals surface area contributed by atoms with Gasteiger partial charge in [0.05, 0.1) is 11.3 Å². The number of rotatable bonds is 5. The van der Waals surface area contributed by atoms with Gasteiger partial charge >= 0.3 is 6.18 Å². The molecule has 0 aliphatic carbocycles. The highest BCUT2D eigenvalue weighted by molar-refractivity contribution is 7.90. The Labute approximate surface area is 110 Å². The van der Waals surface area contributed by atoms with Crippen molar-refractivity contribution in [3.05, 3.63) is 23.9 Å². The van der Waals surface area contributed by atoms with Crippen LogP contribution in [0.15, 0.2) is 18.3 Å². The molecule has 0 amide bonds. The summed E-state index contributed by atoms with van der Waals surface area (Å²) in [7, 11) is -3.08. The van der Waals surface area contributed by atoms with E-state index in [2.05, 4.69) is 10.3 Å². The van der Waals surface area contributed by atoms with E-state index in [0.717, 1.165) is 24.6 Å². The first kappa shape index (κ1) is 15.7. The van der Waals surface area contributed by atoms with Gasteiger partial charge in [-0.25, -0.2) is 13.4 Å². The van der Waals surface area contributed by atoms with Crippen molar-refractivity contribution in [2.24, 2.45) is 0 Å². The molecule has 0 fully saturated rings. The summed E-state index contributed by atoms with van der Waals surface area (Å²) >= 11 is 0. The third kappa shape index (κ3) is 5.91. The molecule has 0 aromatic carbocycles. The maximum atomic E-state index is 12.5. The zero-order valence-electron chi connectivity index (χ0n) is 10.5. The summed E-state index contributed by atoms with van der Waals surface area (Å²) in [5.41, 5.74) is -0.791. The molecule has 1 rings (SSSR count). The fourth-order valence-corrected chi connectivity index (χ4v) is 2.18. The molecule has 1 N–H and O–H groups in total. The largest absolute Gasteiger partial charge is 0.416 e. The fraction of sp³-hybridized carbons (Fsp3) is 0.545. The first-order valence-corrected chi connectivity index (χ1v) is 7.61. The number of aromatic nitrogens is 1. The molecule has 19 heavy (non-hydrogen) atoms. The smallest absolute Gasteiger partial charge is 0.368 e. The number of nitrogens with zero attached hydrogens (tertiary/aromatic N) is 1. The second kappa shape index (κ2) is 5.77. The van der Waals surface area contributed by atoms with Crippen molar-refractivity contribution in [1.82, 2.24) is 4.98 Å². The van der Waals surface area contributed by atoms with E-state index in [4.69, 9.17) is 0 Å². The number of pyridine rings is 1. The Balaban J connectivity index is 2.67. The number of hydrogen-bond donors (Lipinski definition) is 1. The normalized spacial score (nSPS) is 14.2. The zero-order chi connectivity index (χ0) is 14.7. The van der Waals surface area contributed by atoms with Crippen LogP contribution in [-0.2, 0) is 16.0 Å². The van der Waals surface area contributed by atoms with Crippen LogP contribution in [0.1, 0.15) is 18.9 Å². The summed E-state index contributed by atoms with van der Waals surface area (Å²) in [6.45, 7) is 1.69. The lowest BCUT2D eigenvalue weighted by molar-refractivity contribution is -0.137. The molecular formula is C11H15F3N2O2S. The number of hydrogen-bond acceptors (Lipinski definition) is 4. The lowest BCUT2D eigenvalue weighted by Gasteiger charge is -2.15. The van der Waals surface area contributed by atoms with Crippen LogP contribution in [0.4, 0.5) is 19.0 Å². The first-order valence-electron chi connectivity index (χ1n) is 5.55. The minimum absolute atomic E-state index is 0.0277. The minimum atomic E-state index is -4.42. The van der Waals surface area contributed by atoms with Crippen molar-refractivity contribution in [3.8, 4) is 0 Å². The molecule has 0 saturated heterocycles. The van der Waals surface area contributed by atoms with Crippen LogP contribution in [-0.4, -0.2) is 31.5 Å². The molecule has 1 unspecified atom stereocenters. The lowest BCUT2D eigenvalue weighted by atomic mass is 10.2. The third-order valence-corrected chi connectivity index (χ3v) is 3.38. The van der Waals surface area contributed by atoms with Crippen LogP contribution in [0.3, 0.4) is 0 Å². The van der Waals surface area contributed by atoms with E-state index in [1.54, 1.807) is 6.92 Å². The molecule has 1 aromatic heterocycles. The number of alkyl halides is 3. The molecule has 1 aromatic rings. The van der Waals surface area contributed by atoms with Gasteiger partial charge in [-0.2, -0.15) is 13.2 Å².